The van der Waals surface area contributed by atoms with Crippen molar-refractivity contribution in [2.75, 3.05) is 0 Å². The normalized spacial score (nSPS) is 12.5. The van der Waals surface area contributed by atoms with Crippen molar-refractivity contribution in [2.24, 2.45) is 0 Å². The van der Waals surface area contributed by atoms with Crippen LogP contribution < -0.4 is 15.9 Å². The maximum absolute atomic E-state index is 12.2. The molecule has 0 spiro atoms. The van der Waals surface area contributed by atoms with E-state index in [9.17, 15) is 9.59 Å². The van der Waals surface area contributed by atoms with Crippen molar-refractivity contribution in [3.8, 4) is 6.01 Å². The van der Waals surface area contributed by atoms with Gasteiger partial charge in [0.2, 0.25) is 5.71 Å². The molecule has 3 aromatic rings. The number of thiazole rings is 1. The first-order valence-electron chi connectivity index (χ1n) is 6.71. The molecule has 7 nitrogen and oxygen atoms in total. The Bertz CT molecular complexity index is 914. The lowest BCUT2D eigenvalue weighted by Crippen LogP contribution is -2.16. The smallest absolute Gasteiger partial charge is 0.337 e. The Labute approximate surface area is 128 Å². The number of fused-ring (bicyclic) bond motifs is 1. The van der Waals surface area contributed by atoms with Crippen LogP contribution in [0.4, 0.5) is 0 Å². The molecule has 0 aromatic carbocycles. The summed E-state index contributed by atoms with van der Waals surface area (Å²) in [6.07, 6.45) is 1.83. The topological polar surface area (TPSA) is 98.1 Å². The molecule has 3 aromatic heterocycles. The fraction of sp³-hybridized carbons (Fsp3) is 0.286. The molecule has 0 aliphatic carbocycles. The van der Waals surface area contributed by atoms with Crippen LogP contribution >= 0.6 is 11.3 Å². The van der Waals surface area contributed by atoms with Crippen molar-refractivity contribution in [3.05, 3.63) is 49.0 Å². The number of aryl methyl sites for hydroxylation is 1. The molecule has 0 amide bonds. The van der Waals surface area contributed by atoms with Crippen LogP contribution in [0, 0.1) is 0 Å². The molecule has 0 aliphatic rings. The van der Waals surface area contributed by atoms with Gasteiger partial charge in [0.15, 0.2) is 6.10 Å². The average molecular weight is 319 g/mol. The van der Waals surface area contributed by atoms with Crippen LogP contribution in [0.25, 0.3) is 11.1 Å². The predicted octanol–water partition coefficient (Wildman–Crippen LogP) is 2.04. The highest BCUT2D eigenvalue weighted by atomic mass is 32.1. The van der Waals surface area contributed by atoms with Gasteiger partial charge < -0.3 is 9.15 Å². The van der Waals surface area contributed by atoms with Crippen molar-refractivity contribution < 1.29 is 9.15 Å². The highest BCUT2D eigenvalue weighted by Gasteiger charge is 2.15. The zero-order chi connectivity index (χ0) is 15.7. The van der Waals surface area contributed by atoms with Gasteiger partial charge in [0.25, 0.3) is 5.56 Å². The van der Waals surface area contributed by atoms with E-state index in [2.05, 4.69) is 15.0 Å². The van der Waals surface area contributed by atoms with Gasteiger partial charge in [-0.15, -0.1) is 11.3 Å². The quantitative estimate of drug-likeness (QED) is 0.790. The van der Waals surface area contributed by atoms with Crippen LogP contribution in [-0.2, 0) is 6.42 Å². The Hall–Kier alpha value is -2.48. The lowest BCUT2D eigenvalue weighted by Gasteiger charge is -2.11. The number of ether oxygens (including phenoxy) is 1. The lowest BCUT2D eigenvalue weighted by molar-refractivity contribution is 0.206. The van der Waals surface area contributed by atoms with Gasteiger partial charge in [-0.3, -0.25) is 9.78 Å². The summed E-state index contributed by atoms with van der Waals surface area (Å²) in [5.41, 5.74) is -0.359. The first kappa shape index (κ1) is 14.5. The molecule has 3 rings (SSSR count). The molecule has 1 N–H and O–H groups in total. The Balaban J connectivity index is 2.06. The summed E-state index contributed by atoms with van der Waals surface area (Å²) in [6, 6.07) is 1.30. The highest BCUT2D eigenvalue weighted by molar-refractivity contribution is 7.09. The summed E-state index contributed by atoms with van der Waals surface area (Å²) in [5, 5.41) is 2.86. The predicted molar refractivity (Wildman–Crippen MR) is 81.4 cm³/mol. The van der Waals surface area contributed by atoms with Crippen LogP contribution in [0.3, 0.4) is 0 Å². The second-order valence-corrected chi connectivity index (χ2v) is 5.55. The van der Waals surface area contributed by atoms with Crippen LogP contribution in [0.15, 0.2) is 31.6 Å². The molecule has 0 bridgehead atoms. The molecule has 3 heterocycles. The number of aromatic nitrogens is 3. The number of rotatable bonds is 4. The first-order chi connectivity index (χ1) is 10.6. The molecule has 114 valence electrons. The van der Waals surface area contributed by atoms with Gasteiger partial charge in [0.05, 0.1) is 0 Å². The van der Waals surface area contributed by atoms with E-state index < -0.39 is 11.2 Å². The number of hydrogen-bond donors (Lipinski definition) is 1. The minimum absolute atomic E-state index is 0.00315. The minimum Gasteiger partial charge on any atom is -0.454 e. The highest BCUT2D eigenvalue weighted by Crippen LogP contribution is 2.21. The van der Waals surface area contributed by atoms with Crippen LogP contribution in [0.5, 0.6) is 6.01 Å². The van der Waals surface area contributed by atoms with Crippen LogP contribution in [0.2, 0.25) is 0 Å². The summed E-state index contributed by atoms with van der Waals surface area (Å²) in [7, 11) is 0. The summed E-state index contributed by atoms with van der Waals surface area (Å²) < 4.78 is 10.6. The van der Waals surface area contributed by atoms with Gasteiger partial charge in [-0.1, -0.05) is 6.92 Å². The summed E-state index contributed by atoms with van der Waals surface area (Å²) in [6.45, 7) is 3.64. The molecule has 22 heavy (non-hydrogen) atoms. The van der Waals surface area contributed by atoms with E-state index >= 15 is 0 Å². The minimum atomic E-state index is -0.540. The van der Waals surface area contributed by atoms with Gasteiger partial charge in [0.1, 0.15) is 10.4 Å². The third kappa shape index (κ3) is 2.64. The molecule has 0 unspecified atom stereocenters. The number of hydrogen-bond acceptors (Lipinski definition) is 7. The van der Waals surface area contributed by atoms with E-state index in [4.69, 9.17) is 9.15 Å². The summed E-state index contributed by atoms with van der Waals surface area (Å²) in [4.78, 5) is 34.5. The standard InChI is InChI=1S/C14H13N3O4S/c1-3-8-6-9(18)21-12-10(8)11(19)16-14(17-12)20-7(2)13-15-4-5-22-13/h4-7H,3H2,1-2H3,(H,16,17,19)/t7-/m0/s1. The van der Waals surface area contributed by atoms with Crippen molar-refractivity contribution >= 4 is 22.4 Å². The van der Waals surface area contributed by atoms with Crippen molar-refractivity contribution in [3.63, 3.8) is 0 Å². The van der Waals surface area contributed by atoms with E-state index in [0.29, 0.717) is 12.0 Å². The monoisotopic (exact) mass is 319 g/mol. The zero-order valence-electron chi connectivity index (χ0n) is 12.0. The van der Waals surface area contributed by atoms with Gasteiger partial charge in [-0.25, -0.2) is 9.78 Å². The van der Waals surface area contributed by atoms with Crippen LogP contribution in [-0.4, -0.2) is 15.0 Å². The lowest BCUT2D eigenvalue weighted by atomic mass is 10.1. The molecule has 0 fully saturated rings. The maximum atomic E-state index is 12.2. The first-order valence-corrected chi connectivity index (χ1v) is 7.59. The van der Waals surface area contributed by atoms with Gasteiger partial charge in [-0.2, -0.15) is 4.98 Å². The fourth-order valence-corrected chi connectivity index (χ4v) is 2.74. The number of aromatic amines is 1. The molecule has 8 heteroatoms. The van der Waals surface area contributed by atoms with Gasteiger partial charge >= 0.3 is 11.6 Å². The third-order valence-corrected chi connectivity index (χ3v) is 4.08. The molecule has 0 aliphatic heterocycles. The fourth-order valence-electron chi connectivity index (χ4n) is 2.12. The molecule has 0 saturated heterocycles. The molecule has 0 radical (unpaired) electrons. The molecule has 0 saturated carbocycles. The molecular formula is C14H13N3O4S. The number of nitrogens with zero attached hydrogens (tertiary/aromatic N) is 2. The van der Waals surface area contributed by atoms with E-state index in [-0.39, 0.29) is 23.2 Å². The number of H-pyrrole nitrogens is 1. The average Bonchev–Trinajstić information content (AvgIpc) is 3.00. The zero-order valence-corrected chi connectivity index (χ0v) is 12.8. The largest absolute Gasteiger partial charge is 0.454 e. The Kier molecular flexibility index (Phi) is 3.76. The van der Waals surface area contributed by atoms with E-state index in [1.54, 1.807) is 13.1 Å². The molecule has 1 atom stereocenters. The Morgan fingerprint density at radius 2 is 2.27 bits per heavy atom. The van der Waals surface area contributed by atoms with Crippen LogP contribution in [0.1, 0.15) is 30.5 Å². The third-order valence-electron chi connectivity index (χ3n) is 3.14. The van der Waals surface area contributed by atoms with E-state index in [0.717, 1.165) is 5.01 Å². The Morgan fingerprint density at radius 1 is 1.45 bits per heavy atom. The van der Waals surface area contributed by atoms with Crippen molar-refractivity contribution in [2.45, 2.75) is 26.4 Å². The number of nitrogens with one attached hydrogen (secondary N) is 1. The molecular weight excluding hydrogens is 306 g/mol. The van der Waals surface area contributed by atoms with Crippen molar-refractivity contribution in [1.29, 1.82) is 0 Å². The maximum Gasteiger partial charge on any atom is 0.337 e. The summed E-state index contributed by atoms with van der Waals surface area (Å²) in [5.74, 6) is 0. The second kappa shape index (κ2) is 5.72. The van der Waals surface area contributed by atoms with Gasteiger partial charge in [0, 0.05) is 17.6 Å². The second-order valence-electron chi connectivity index (χ2n) is 4.63. The van der Waals surface area contributed by atoms with E-state index in [1.165, 1.54) is 17.4 Å². The summed E-state index contributed by atoms with van der Waals surface area (Å²) >= 11 is 1.44. The Morgan fingerprint density at radius 3 is 2.95 bits per heavy atom. The SMILES string of the molecule is CCc1cc(=O)oc2nc(O[C@@H](C)c3nccs3)[nH]c(=O)c12. The van der Waals surface area contributed by atoms with Gasteiger partial charge in [-0.05, 0) is 18.9 Å². The van der Waals surface area contributed by atoms with Crippen molar-refractivity contribution in [1.82, 2.24) is 15.0 Å². The van der Waals surface area contributed by atoms with E-state index in [1.807, 2.05) is 12.3 Å².